The van der Waals surface area contributed by atoms with Crippen LogP contribution in [-0.2, 0) is 14.5 Å². The lowest BCUT2D eigenvalue weighted by Crippen LogP contribution is -2.16. The summed E-state index contributed by atoms with van der Waals surface area (Å²) >= 11 is 0. The molecule has 0 aliphatic carbocycles. The van der Waals surface area contributed by atoms with E-state index in [2.05, 4.69) is 9.28 Å². The van der Waals surface area contributed by atoms with E-state index in [-0.39, 0.29) is 0 Å². The van der Waals surface area contributed by atoms with E-state index in [9.17, 15) is 8.42 Å². The first-order chi connectivity index (χ1) is 3.63. The number of rotatable bonds is 0. The quantitative estimate of drug-likeness (QED) is 0.435. The van der Waals surface area contributed by atoms with Crippen molar-refractivity contribution in [2.45, 2.75) is 0 Å². The molecule has 0 saturated heterocycles. The summed E-state index contributed by atoms with van der Waals surface area (Å²) in [7, 11) is -2.22. The third kappa shape index (κ3) is 0.623. The molecule has 0 amide bonds. The zero-order valence-electron chi connectivity index (χ0n) is 4.10. The predicted molar refractivity (Wildman–Crippen MR) is 26.3 cm³/mol. The minimum absolute atomic E-state index is 0.743. The van der Waals surface area contributed by atoms with Crippen molar-refractivity contribution in [3.8, 4) is 0 Å². The molecule has 1 aliphatic heterocycles. The van der Waals surface area contributed by atoms with E-state index in [1.54, 1.807) is 0 Å². The fourth-order valence-electron chi connectivity index (χ4n) is 0.260. The van der Waals surface area contributed by atoms with Crippen LogP contribution < -0.4 is 0 Å². The maximum Gasteiger partial charge on any atom is 0.425 e. The van der Waals surface area contributed by atoms with Crippen LogP contribution in [0.25, 0.3) is 0 Å². The summed E-state index contributed by atoms with van der Waals surface area (Å²) in [4.78, 5) is 0. The highest BCUT2D eigenvalue weighted by Gasteiger charge is 2.20. The monoisotopic (exact) mass is 136 g/mol. The summed E-state index contributed by atoms with van der Waals surface area (Å²) in [6.45, 7) is 0. The van der Waals surface area contributed by atoms with E-state index >= 15 is 0 Å². The first kappa shape index (κ1) is 5.36. The summed E-state index contributed by atoms with van der Waals surface area (Å²) in [6.07, 6.45) is 0.870. The molecule has 0 atom stereocenters. The van der Waals surface area contributed by atoms with Crippen molar-refractivity contribution in [1.82, 2.24) is 4.41 Å². The molecule has 0 spiro atoms. The van der Waals surface area contributed by atoms with Crippen LogP contribution in [0.1, 0.15) is 0 Å². The maximum atomic E-state index is 10.3. The molecule has 1 aliphatic rings. The molecule has 0 unspecified atom stereocenters. The second kappa shape index (κ2) is 1.35. The SMILES string of the molecule is CN1N=COS1(=O)=O. The van der Waals surface area contributed by atoms with E-state index in [0.717, 1.165) is 10.8 Å². The molecule has 0 radical (unpaired) electrons. The Morgan fingerprint density at radius 1 is 1.75 bits per heavy atom. The summed E-state index contributed by atoms with van der Waals surface area (Å²) in [5, 5.41) is 3.29. The Labute approximate surface area is 46.8 Å². The van der Waals surface area contributed by atoms with Crippen LogP contribution >= 0.6 is 0 Å². The van der Waals surface area contributed by atoms with Crippen molar-refractivity contribution in [2.24, 2.45) is 5.10 Å². The van der Waals surface area contributed by atoms with Crippen LogP contribution in [0.2, 0.25) is 0 Å². The standard InChI is InChI=1S/C2H4N2O3S/c1-4-3-2-7-8(4,5)6/h2H,1H3. The molecule has 46 valence electrons. The summed E-state index contributed by atoms with van der Waals surface area (Å²) in [6, 6.07) is 0. The predicted octanol–water partition coefficient (Wildman–Crippen LogP) is -0.863. The van der Waals surface area contributed by atoms with Gasteiger partial charge in [-0.1, -0.05) is 0 Å². The minimum Gasteiger partial charge on any atom is -0.352 e. The fraction of sp³-hybridized carbons (Fsp3) is 0.500. The molecular formula is C2H4N2O3S. The van der Waals surface area contributed by atoms with Crippen molar-refractivity contribution in [3.05, 3.63) is 0 Å². The number of nitrogens with zero attached hydrogens (tertiary/aromatic N) is 2. The molecule has 0 aromatic rings. The van der Waals surface area contributed by atoms with Gasteiger partial charge in [-0.3, -0.25) is 0 Å². The lowest BCUT2D eigenvalue weighted by Gasteiger charge is -1.99. The van der Waals surface area contributed by atoms with Crippen LogP contribution in [0.15, 0.2) is 5.10 Å². The van der Waals surface area contributed by atoms with Gasteiger partial charge < -0.3 is 4.18 Å². The highest BCUT2D eigenvalue weighted by molar-refractivity contribution is 7.84. The molecular weight excluding hydrogens is 132 g/mol. The van der Waals surface area contributed by atoms with Crippen LogP contribution in [0.5, 0.6) is 0 Å². The number of hydrazone groups is 1. The Morgan fingerprint density at radius 2 is 2.38 bits per heavy atom. The molecule has 1 rings (SSSR count). The first-order valence-corrected chi connectivity index (χ1v) is 3.19. The number of hydrogen-bond donors (Lipinski definition) is 0. The normalized spacial score (nSPS) is 23.4. The van der Waals surface area contributed by atoms with E-state index < -0.39 is 10.3 Å². The lowest BCUT2D eigenvalue weighted by atomic mass is 11.4. The van der Waals surface area contributed by atoms with Gasteiger partial charge in [0.05, 0.1) is 0 Å². The zero-order chi connectivity index (χ0) is 6.20. The minimum atomic E-state index is -3.51. The van der Waals surface area contributed by atoms with Gasteiger partial charge in [-0.25, -0.2) is 0 Å². The second-order valence-electron chi connectivity index (χ2n) is 1.21. The van der Waals surface area contributed by atoms with Crippen LogP contribution in [-0.4, -0.2) is 26.3 Å². The van der Waals surface area contributed by atoms with Gasteiger partial charge in [0.15, 0.2) is 0 Å². The second-order valence-corrected chi connectivity index (χ2v) is 2.79. The van der Waals surface area contributed by atoms with E-state index in [4.69, 9.17) is 0 Å². The molecule has 0 bridgehead atoms. The Balaban J connectivity index is 2.96. The van der Waals surface area contributed by atoms with Crippen molar-refractivity contribution in [3.63, 3.8) is 0 Å². The summed E-state index contributed by atoms with van der Waals surface area (Å²) in [5.74, 6) is 0. The van der Waals surface area contributed by atoms with Gasteiger partial charge in [0.2, 0.25) is 6.40 Å². The molecule has 8 heavy (non-hydrogen) atoms. The average Bonchev–Trinajstić information content (AvgIpc) is 1.86. The maximum absolute atomic E-state index is 10.3. The Bertz CT molecular complexity index is 205. The van der Waals surface area contributed by atoms with Crippen molar-refractivity contribution in [1.29, 1.82) is 0 Å². The van der Waals surface area contributed by atoms with Crippen LogP contribution in [0, 0.1) is 0 Å². The summed E-state index contributed by atoms with van der Waals surface area (Å²) in [5.41, 5.74) is 0. The lowest BCUT2D eigenvalue weighted by molar-refractivity contribution is 0.442. The van der Waals surface area contributed by atoms with Gasteiger partial charge in [-0.05, 0) is 0 Å². The van der Waals surface area contributed by atoms with Crippen molar-refractivity contribution < 1.29 is 12.6 Å². The van der Waals surface area contributed by atoms with Crippen molar-refractivity contribution in [2.75, 3.05) is 7.05 Å². The van der Waals surface area contributed by atoms with Gasteiger partial charge in [0.1, 0.15) is 0 Å². The molecule has 0 fully saturated rings. The molecule has 0 N–H and O–H groups in total. The highest BCUT2D eigenvalue weighted by atomic mass is 32.2. The third-order valence-corrected chi connectivity index (χ3v) is 1.77. The van der Waals surface area contributed by atoms with Gasteiger partial charge in [-0.15, -0.1) is 5.10 Å². The average molecular weight is 136 g/mol. The van der Waals surface area contributed by atoms with Gasteiger partial charge >= 0.3 is 10.3 Å². The fourth-order valence-corrected chi connectivity index (χ4v) is 0.686. The van der Waals surface area contributed by atoms with E-state index in [1.807, 2.05) is 0 Å². The number of hydrogen-bond acceptors (Lipinski definition) is 4. The Kier molecular flexibility index (Phi) is 0.902. The third-order valence-electron chi connectivity index (χ3n) is 0.698. The van der Waals surface area contributed by atoms with Crippen LogP contribution in [0.3, 0.4) is 0 Å². The topological polar surface area (TPSA) is 59.0 Å². The van der Waals surface area contributed by atoms with Crippen molar-refractivity contribution >= 4 is 16.7 Å². The van der Waals surface area contributed by atoms with Crippen LogP contribution in [0.4, 0.5) is 0 Å². The molecule has 0 saturated carbocycles. The smallest absolute Gasteiger partial charge is 0.352 e. The van der Waals surface area contributed by atoms with E-state index in [0.29, 0.717) is 0 Å². The van der Waals surface area contributed by atoms with Gasteiger partial charge in [0.25, 0.3) is 0 Å². The Hall–Kier alpha value is -0.780. The molecule has 0 aromatic heterocycles. The van der Waals surface area contributed by atoms with Gasteiger partial charge in [0, 0.05) is 7.05 Å². The summed E-state index contributed by atoms with van der Waals surface area (Å²) < 4.78 is 25.5. The molecule has 0 aromatic carbocycles. The molecule has 1 heterocycles. The Morgan fingerprint density at radius 3 is 2.50 bits per heavy atom. The molecule has 5 nitrogen and oxygen atoms in total. The zero-order valence-corrected chi connectivity index (χ0v) is 4.92. The van der Waals surface area contributed by atoms with E-state index in [1.165, 1.54) is 7.05 Å². The highest BCUT2D eigenvalue weighted by Crippen LogP contribution is 2.03. The molecule has 6 heteroatoms. The first-order valence-electron chi connectivity index (χ1n) is 1.82. The largest absolute Gasteiger partial charge is 0.425 e. The van der Waals surface area contributed by atoms with Gasteiger partial charge in [-0.2, -0.15) is 12.8 Å².